The van der Waals surface area contributed by atoms with Gasteiger partial charge in [-0.25, -0.2) is 0 Å². The van der Waals surface area contributed by atoms with Gasteiger partial charge in [-0.2, -0.15) is 0 Å². The first kappa shape index (κ1) is 24.6. The number of aryl methyl sites for hydroxylation is 2. The number of carbonyl (C=O) groups excluding carboxylic acids is 2. The summed E-state index contributed by atoms with van der Waals surface area (Å²) >= 11 is 0. The lowest BCUT2D eigenvalue weighted by Gasteiger charge is -2.26. The topological polar surface area (TPSA) is 66.8 Å². The van der Waals surface area contributed by atoms with E-state index < -0.39 is 17.7 Å². The number of hydrogen-bond donors (Lipinski definition) is 1. The lowest BCUT2D eigenvalue weighted by atomic mass is 9.92. The summed E-state index contributed by atoms with van der Waals surface area (Å²) < 4.78 is 5.85. The summed E-state index contributed by atoms with van der Waals surface area (Å²) in [7, 11) is 0. The lowest BCUT2D eigenvalue weighted by Crippen LogP contribution is -2.31. The maximum absolute atomic E-state index is 13.2. The Hall–Kier alpha value is -3.08. The molecular formula is C28H35NO4. The van der Waals surface area contributed by atoms with Crippen molar-refractivity contribution < 1.29 is 19.4 Å². The van der Waals surface area contributed by atoms with E-state index in [1.807, 2.05) is 50.2 Å². The van der Waals surface area contributed by atoms with Crippen LogP contribution >= 0.6 is 0 Å². The van der Waals surface area contributed by atoms with Gasteiger partial charge in [-0.05, 0) is 61.1 Å². The molecule has 0 spiro atoms. The zero-order chi connectivity index (χ0) is 24.1. The second-order valence-electron chi connectivity index (χ2n) is 9.24. The maximum atomic E-state index is 13.2. The summed E-state index contributed by atoms with van der Waals surface area (Å²) in [4.78, 5) is 27.8. The molecule has 5 nitrogen and oxygen atoms in total. The van der Waals surface area contributed by atoms with E-state index >= 15 is 0 Å². The Bertz CT molecular complexity index is 1050. The van der Waals surface area contributed by atoms with E-state index in [2.05, 4.69) is 20.8 Å². The second kappa shape index (κ2) is 10.7. The Kier molecular flexibility index (Phi) is 7.96. The van der Waals surface area contributed by atoms with Crippen molar-refractivity contribution in [1.29, 1.82) is 0 Å². The molecule has 0 saturated carbocycles. The average Bonchev–Trinajstić information content (AvgIpc) is 3.03. The molecule has 1 heterocycles. The normalized spacial score (nSPS) is 17.8. The predicted octanol–water partition coefficient (Wildman–Crippen LogP) is 5.95. The van der Waals surface area contributed by atoms with Crippen LogP contribution in [0.4, 0.5) is 0 Å². The largest absolute Gasteiger partial charge is 0.507 e. The molecule has 2 aromatic carbocycles. The number of benzene rings is 2. The molecule has 0 aliphatic carbocycles. The van der Waals surface area contributed by atoms with Gasteiger partial charge < -0.3 is 14.7 Å². The van der Waals surface area contributed by atoms with E-state index in [0.717, 1.165) is 41.7 Å². The molecule has 1 aliphatic rings. The number of amides is 1. The Labute approximate surface area is 197 Å². The number of rotatable bonds is 9. The zero-order valence-electron chi connectivity index (χ0n) is 20.4. The zero-order valence-corrected chi connectivity index (χ0v) is 20.4. The highest BCUT2D eigenvalue weighted by atomic mass is 16.5. The SMILES string of the molecule is CCCCCN1C(=O)C(=O)/C(=C(/O)c2ccc(OCC(C)C)c(C)c2)C1c1ccccc1C. The highest BCUT2D eigenvalue weighted by Gasteiger charge is 2.46. The first-order valence-electron chi connectivity index (χ1n) is 11.8. The van der Waals surface area contributed by atoms with E-state index in [1.165, 1.54) is 0 Å². The molecule has 2 aromatic rings. The Balaban J connectivity index is 2.07. The van der Waals surface area contributed by atoms with Crippen molar-refractivity contribution >= 4 is 17.4 Å². The van der Waals surface area contributed by atoms with Gasteiger partial charge in [-0.3, -0.25) is 9.59 Å². The van der Waals surface area contributed by atoms with E-state index in [1.54, 1.807) is 11.0 Å². The van der Waals surface area contributed by atoms with Crippen LogP contribution in [-0.4, -0.2) is 34.8 Å². The molecule has 1 atom stereocenters. The number of ether oxygens (including phenoxy) is 1. The summed E-state index contributed by atoms with van der Waals surface area (Å²) in [5, 5.41) is 11.3. The van der Waals surface area contributed by atoms with Crippen molar-refractivity contribution in [3.8, 4) is 5.75 Å². The first-order chi connectivity index (χ1) is 15.8. The van der Waals surface area contributed by atoms with E-state index in [4.69, 9.17) is 4.74 Å². The summed E-state index contributed by atoms with van der Waals surface area (Å²) in [6.45, 7) is 11.2. The Morgan fingerprint density at radius 2 is 1.79 bits per heavy atom. The third kappa shape index (κ3) is 5.29. The summed E-state index contributed by atoms with van der Waals surface area (Å²) in [5.41, 5.74) is 3.37. The van der Waals surface area contributed by atoms with E-state index in [0.29, 0.717) is 24.6 Å². The third-order valence-electron chi connectivity index (χ3n) is 6.05. The second-order valence-corrected chi connectivity index (χ2v) is 9.24. The van der Waals surface area contributed by atoms with Gasteiger partial charge in [0.15, 0.2) is 0 Å². The molecule has 1 N–H and O–H groups in total. The van der Waals surface area contributed by atoms with E-state index in [9.17, 15) is 14.7 Å². The van der Waals surface area contributed by atoms with Crippen molar-refractivity contribution in [1.82, 2.24) is 4.90 Å². The molecule has 1 unspecified atom stereocenters. The van der Waals surface area contributed by atoms with Gasteiger partial charge >= 0.3 is 0 Å². The number of unbranched alkanes of at least 4 members (excludes halogenated alkanes) is 2. The highest BCUT2D eigenvalue weighted by molar-refractivity contribution is 6.46. The van der Waals surface area contributed by atoms with Gasteiger partial charge in [0.2, 0.25) is 0 Å². The quantitative estimate of drug-likeness (QED) is 0.222. The monoisotopic (exact) mass is 449 g/mol. The minimum absolute atomic E-state index is 0.141. The Morgan fingerprint density at radius 1 is 1.06 bits per heavy atom. The molecule has 0 radical (unpaired) electrons. The number of likely N-dealkylation sites (tertiary alicyclic amines) is 1. The third-order valence-corrected chi connectivity index (χ3v) is 6.05. The molecule has 1 saturated heterocycles. The van der Waals surface area contributed by atoms with Crippen molar-refractivity contribution in [2.75, 3.05) is 13.2 Å². The predicted molar refractivity (Wildman–Crippen MR) is 131 cm³/mol. The minimum Gasteiger partial charge on any atom is -0.507 e. The molecule has 1 fully saturated rings. The van der Waals surface area contributed by atoms with Gasteiger partial charge in [0.05, 0.1) is 18.2 Å². The standard InChI is InChI=1S/C28H35NO4/c1-6-7-10-15-29-25(22-12-9-8-11-19(22)4)24(27(31)28(29)32)26(30)21-13-14-23(20(5)16-21)33-17-18(2)3/h8-9,11-14,16,18,25,30H,6-7,10,15,17H2,1-5H3/b26-24+. The van der Waals surface area contributed by atoms with Crippen LogP contribution in [0.25, 0.3) is 5.76 Å². The van der Waals surface area contributed by atoms with Crippen molar-refractivity contribution in [3.05, 3.63) is 70.3 Å². The van der Waals surface area contributed by atoms with Crippen molar-refractivity contribution in [2.45, 2.75) is 59.9 Å². The van der Waals surface area contributed by atoms with Crippen LogP contribution in [0.1, 0.15) is 68.3 Å². The number of aliphatic hydroxyl groups excluding tert-OH is 1. The molecule has 3 rings (SSSR count). The van der Waals surface area contributed by atoms with Gasteiger partial charge in [-0.15, -0.1) is 0 Å². The van der Waals surface area contributed by atoms with Gasteiger partial charge in [0.25, 0.3) is 11.7 Å². The maximum Gasteiger partial charge on any atom is 0.295 e. The summed E-state index contributed by atoms with van der Waals surface area (Å²) in [6.07, 6.45) is 2.80. The number of nitrogens with zero attached hydrogens (tertiary/aromatic N) is 1. The number of hydrogen-bond acceptors (Lipinski definition) is 4. The fourth-order valence-corrected chi connectivity index (χ4v) is 4.23. The van der Waals surface area contributed by atoms with E-state index in [-0.39, 0.29) is 11.3 Å². The van der Waals surface area contributed by atoms with Crippen LogP contribution in [0.15, 0.2) is 48.0 Å². The van der Waals surface area contributed by atoms with Gasteiger partial charge in [-0.1, -0.05) is 57.9 Å². The molecule has 5 heteroatoms. The Morgan fingerprint density at radius 3 is 2.42 bits per heavy atom. The molecule has 1 amide bonds. The van der Waals surface area contributed by atoms with Crippen LogP contribution in [0, 0.1) is 19.8 Å². The number of Topliss-reactive ketones (excluding diaryl/α,β-unsaturated/α-hetero) is 1. The van der Waals surface area contributed by atoms with Gasteiger partial charge in [0.1, 0.15) is 11.5 Å². The lowest BCUT2D eigenvalue weighted by molar-refractivity contribution is -0.139. The first-order valence-corrected chi connectivity index (χ1v) is 11.8. The number of carbonyl (C=O) groups is 2. The number of ketones is 1. The molecule has 33 heavy (non-hydrogen) atoms. The summed E-state index contributed by atoms with van der Waals surface area (Å²) in [6, 6.07) is 12.5. The smallest absolute Gasteiger partial charge is 0.295 e. The van der Waals surface area contributed by atoms with Gasteiger partial charge in [0, 0.05) is 12.1 Å². The molecule has 0 bridgehead atoms. The average molecular weight is 450 g/mol. The number of aliphatic hydroxyl groups is 1. The fourth-order valence-electron chi connectivity index (χ4n) is 4.23. The van der Waals surface area contributed by atoms with Crippen molar-refractivity contribution in [2.24, 2.45) is 5.92 Å². The fraction of sp³-hybridized carbons (Fsp3) is 0.429. The van der Waals surface area contributed by atoms with Crippen LogP contribution in [0.2, 0.25) is 0 Å². The van der Waals surface area contributed by atoms with Crippen LogP contribution < -0.4 is 4.74 Å². The minimum atomic E-state index is -0.630. The van der Waals surface area contributed by atoms with Crippen molar-refractivity contribution in [3.63, 3.8) is 0 Å². The molecular weight excluding hydrogens is 414 g/mol. The molecule has 0 aromatic heterocycles. The van der Waals surface area contributed by atoms with Crippen LogP contribution in [0.5, 0.6) is 5.75 Å². The van der Waals surface area contributed by atoms with Crippen LogP contribution in [0.3, 0.4) is 0 Å². The van der Waals surface area contributed by atoms with Crippen LogP contribution in [-0.2, 0) is 9.59 Å². The summed E-state index contributed by atoms with van der Waals surface area (Å²) in [5.74, 6) is -0.173. The molecule has 1 aliphatic heterocycles. The molecule has 176 valence electrons. The highest BCUT2D eigenvalue weighted by Crippen LogP contribution is 2.41.